The molecule has 0 bridgehead atoms. The number of nitrogens with one attached hydrogen (secondary N) is 1. The lowest BCUT2D eigenvalue weighted by molar-refractivity contribution is -0.111. The van der Waals surface area contributed by atoms with Crippen molar-refractivity contribution in [3.05, 3.63) is 0 Å². The van der Waals surface area contributed by atoms with Gasteiger partial charge in [-0.1, -0.05) is 167 Å². The van der Waals surface area contributed by atoms with E-state index < -0.39 is 8.80 Å². The number of rotatable bonds is 37. The maximum absolute atomic E-state index is 12.4. The molecule has 1 aliphatic heterocycles. The lowest BCUT2D eigenvalue weighted by atomic mass is 9.97. The first-order valence-corrected chi connectivity index (χ1v) is 24.6. The van der Waals surface area contributed by atoms with Gasteiger partial charge in [-0.2, -0.15) is 0 Å². The van der Waals surface area contributed by atoms with E-state index in [2.05, 4.69) is 26.3 Å². The number of carbonyl (C=O) groups excluding carboxylic acids is 1. The molecule has 298 valence electrons. The average Bonchev–Trinajstić information content (AvgIpc) is 3.11. The van der Waals surface area contributed by atoms with Gasteiger partial charge in [-0.25, -0.2) is 5.48 Å². The van der Waals surface area contributed by atoms with Crippen molar-refractivity contribution in [3.8, 4) is 0 Å². The SMILES string of the molecule is CCCCCCCCCCCCCCCCCCC1CCO[Si](CCCSC(=O)CCCCCCC)(OCCOCCOCCCC)ONC1. The maximum atomic E-state index is 12.4. The van der Waals surface area contributed by atoms with E-state index in [0.717, 1.165) is 57.4 Å². The summed E-state index contributed by atoms with van der Waals surface area (Å²) in [7, 11) is -2.92. The summed E-state index contributed by atoms with van der Waals surface area (Å²) < 4.78 is 30.5. The molecular formula is C41H83NO6SSi. The predicted octanol–water partition coefficient (Wildman–Crippen LogP) is 12.0. The molecular weight excluding hydrogens is 663 g/mol. The first-order chi connectivity index (χ1) is 24.7. The molecule has 0 amide bonds. The van der Waals surface area contributed by atoms with Crippen molar-refractivity contribution in [1.29, 1.82) is 0 Å². The highest BCUT2D eigenvalue weighted by Gasteiger charge is 2.42. The van der Waals surface area contributed by atoms with Crippen molar-refractivity contribution < 1.29 is 27.6 Å². The van der Waals surface area contributed by atoms with Crippen LogP contribution in [0.1, 0.15) is 194 Å². The number of hydroxylamine groups is 1. The summed E-state index contributed by atoms with van der Waals surface area (Å²) in [5.74, 6) is 1.35. The zero-order chi connectivity index (χ0) is 36.1. The van der Waals surface area contributed by atoms with Gasteiger partial charge in [-0.15, -0.1) is 0 Å². The Labute approximate surface area is 315 Å². The Bertz CT molecular complexity index is 711. The number of unbranched alkanes of at least 4 members (excludes halogenated alkanes) is 20. The minimum Gasteiger partial charge on any atom is -0.379 e. The predicted molar refractivity (Wildman–Crippen MR) is 216 cm³/mol. The number of hydrogen-bond acceptors (Lipinski definition) is 8. The van der Waals surface area contributed by atoms with Crippen molar-refractivity contribution in [3.63, 3.8) is 0 Å². The topological polar surface area (TPSA) is 75.3 Å². The van der Waals surface area contributed by atoms with Gasteiger partial charge in [0.2, 0.25) is 0 Å². The molecule has 2 unspecified atom stereocenters. The van der Waals surface area contributed by atoms with E-state index in [9.17, 15) is 4.79 Å². The summed E-state index contributed by atoms with van der Waals surface area (Å²) in [5, 5.41) is 0.308. The van der Waals surface area contributed by atoms with Crippen LogP contribution in [0.2, 0.25) is 6.04 Å². The van der Waals surface area contributed by atoms with Crippen molar-refractivity contribution >= 4 is 25.7 Å². The van der Waals surface area contributed by atoms with Gasteiger partial charge in [0.1, 0.15) is 0 Å². The fraction of sp³-hybridized carbons (Fsp3) is 0.976. The molecule has 1 aliphatic rings. The second-order valence-corrected chi connectivity index (χ2v) is 18.4. The smallest absolute Gasteiger partial charge is 0.379 e. The minimum absolute atomic E-state index is 0.308. The number of carbonyl (C=O) groups is 1. The molecule has 1 fully saturated rings. The van der Waals surface area contributed by atoms with E-state index in [1.807, 2.05) is 0 Å². The van der Waals surface area contributed by atoms with E-state index in [0.29, 0.717) is 56.5 Å². The molecule has 1 rings (SSSR count). The highest BCUT2D eigenvalue weighted by atomic mass is 32.2. The van der Waals surface area contributed by atoms with Crippen molar-refractivity contribution in [2.24, 2.45) is 5.92 Å². The molecule has 50 heavy (non-hydrogen) atoms. The molecule has 7 nitrogen and oxygen atoms in total. The molecule has 0 radical (unpaired) electrons. The third-order valence-corrected chi connectivity index (χ3v) is 13.6. The second kappa shape index (κ2) is 37.3. The van der Waals surface area contributed by atoms with E-state index in [1.54, 1.807) is 0 Å². The van der Waals surface area contributed by atoms with Gasteiger partial charge < -0.3 is 18.3 Å². The quantitative estimate of drug-likeness (QED) is 0.0498. The Morgan fingerprint density at radius 2 is 1.16 bits per heavy atom. The van der Waals surface area contributed by atoms with E-state index >= 15 is 0 Å². The molecule has 2 atom stereocenters. The van der Waals surface area contributed by atoms with Crippen LogP contribution in [0.3, 0.4) is 0 Å². The Morgan fingerprint density at radius 3 is 1.76 bits per heavy atom. The van der Waals surface area contributed by atoms with Crippen molar-refractivity contribution in [2.75, 3.05) is 51.9 Å². The van der Waals surface area contributed by atoms with Crippen LogP contribution >= 0.6 is 11.8 Å². The largest absolute Gasteiger partial charge is 0.518 e. The van der Waals surface area contributed by atoms with Crippen LogP contribution < -0.4 is 5.48 Å². The fourth-order valence-corrected chi connectivity index (χ4v) is 9.91. The van der Waals surface area contributed by atoms with Gasteiger partial charge in [-0.3, -0.25) is 9.32 Å². The summed E-state index contributed by atoms with van der Waals surface area (Å²) in [6.07, 6.45) is 34.4. The summed E-state index contributed by atoms with van der Waals surface area (Å²) in [4.78, 5) is 12.4. The normalized spacial score (nSPS) is 18.3. The van der Waals surface area contributed by atoms with Gasteiger partial charge in [0.25, 0.3) is 0 Å². The Morgan fingerprint density at radius 1 is 0.640 bits per heavy atom. The molecule has 0 aromatic heterocycles. The van der Waals surface area contributed by atoms with Crippen LogP contribution in [0.5, 0.6) is 0 Å². The first kappa shape index (κ1) is 48.0. The molecule has 1 saturated heterocycles. The third kappa shape index (κ3) is 30.5. The highest BCUT2D eigenvalue weighted by molar-refractivity contribution is 8.13. The highest BCUT2D eigenvalue weighted by Crippen LogP contribution is 2.25. The Balaban J connectivity index is 2.25. The van der Waals surface area contributed by atoms with Crippen molar-refractivity contribution in [2.45, 2.75) is 200 Å². The standard InChI is InChI=1S/C41H83NO6SSi/c1-4-7-10-12-13-14-15-16-17-18-19-20-21-22-24-25-28-40-30-32-46-50(48-42-39-40,47-36-35-45-34-33-44-31-9-6-3)38-27-37-49-41(43)29-26-23-11-8-5-2/h40,42H,4-39H2,1-3H3. The molecule has 0 saturated carbocycles. The van der Waals surface area contributed by atoms with Gasteiger partial charge in [0.05, 0.1) is 26.4 Å². The lowest BCUT2D eigenvalue weighted by Gasteiger charge is -2.33. The van der Waals surface area contributed by atoms with Crippen LogP contribution in [0.25, 0.3) is 0 Å². The van der Waals surface area contributed by atoms with Crippen LogP contribution in [0, 0.1) is 5.92 Å². The molecule has 1 heterocycles. The van der Waals surface area contributed by atoms with Crippen LogP contribution in [0.4, 0.5) is 0 Å². The zero-order valence-electron chi connectivity index (χ0n) is 33.4. The van der Waals surface area contributed by atoms with Gasteiger partial charge in [-0.05, 0) is 38.0 Å². The molecule has 0 spiro atoms. The Hall–Kier alpha value is -0.00312. The molecule has 0 aromatic carbocycles. The van der Waals surface area contributed by atoms with E-state index in [4.69, 9.17) is 22.9 Å². The lowest BCUT2D eigenvalue weighted by Crippen LogP contribution is -2.52. The summed E-state index contributed by atoms with van der Waals surface area (Å²) in [5.41, 5.74) is 3.29. The van der Waals surface area contributed by atoms with Gasteiger partial charge in [0, 0.05) is 38.0 Å². The summed E-state index contributed by atoms with van der Waals surface area (Å²) in [6.45, 7) is 11.1. The van der Waals surface area contributed by atoms with E-state index in [1.165, 1.54) is 140 Å². The molecule has 9 heteroatoms. The second-order valence-electron chi connectivity index (χ2n) is 14.6. The maximum Gasteiger partial charge on any atom is 0.518 e. The fourth-order valence-electron chi connectivity index (χ4n) is 6.52. The Kier molecular flexibility index (Phi) is 35.8. The van der Waals surface area contributed by atoms with Crippen molar-refractivity contribution in [1.82, 2.24) is 5.48 Å². The summed E-state index contributed by atoms with van der Waals surface area (Å²) in [6, 6.07) is 0.709. The number of thioether (sulfide) groups is 1. The van der Waals surface area contributed by atoms with Gasteiger partial charge in [0.15, 0.2) is 5.12 Å². The molecule has 0 aromatic rings. The monoisotopic (exact) mass is 746 g/mol. The first-order valence-electron chi connectivity index (χ1n) is 21.7. The average molecular weight is 746 g/mol. The third-order valence-electron chi connectivity index (χ3n) is 9.85. The van der Waals surface area contributed by atoms with E-state index in [-0.39, 0.29) is 0 Å². The number of ether oxygens (including phenoxy) is 2. The number of hydrogen-bond donors (Lipinski definition) is 1. The minimum atomic E-state index is -2.92. The zero-order valence-corrected chi connectivity index (χ0v) is 35.2. The molecule has 0 aliphatic carbocycles. The van der Waals surface area contributed by atoms with Gasteiger partial charge >= 0.3 is 8.80 Å². The van der Waals surface area contributed by atoms with Crippen LogP contribution in [0.15, 0.2) is 0 Å². The summed E-state index contributed by atoms with van der Waals surface area (Å²) >= 11 is 1.46. The van der Waals surface area contributed by atoms with Crippen LogP contribution in [-0.2, 0) is 27.6 Å². The molecule has 1 N–H and O–H groups in total. The van der Waals surface area contributed by atoms with Crippen LogP contribution in [-0.4, -0.2) is 65.9 Å².